The van der Waals surface area contributed by atoms with Crippen molar-refractivity contribution in [2.45, 2.75) is 117 Å². The van der Waals surface area contributed by atoms with Gasteiger partial charge in [0.2, 0.25) is 0 Å². The van der Waals surface area contributed by atoms with Crippen LogP contribution in [0.15, 0.2) is 0 Å². The molecule has 0 aromatic heterocycles. The first kappa shape index (κ1) is 26.7. The Morgan fingerprint density at radius 1 is 0.947 bits per heavy atom. The summed E-state index contributed by atoms with van der Waals surface area (Å²) in [7, 11) is 0. The predicted molar refractivity (Wildman–Crippen MR) is 139 cm³/mol. The molecule has 2 heterocycles. The third-order valence-corrected chi connectivity index (χ3v) is 12.3. The number of carbonyl (C=O) groups excluding carboxylic acids is 3. The van der Waals surface area contributed by atoms with Crippen molar-refractivity contribution in [2.24, 2.45) is 52.3 Å². The SMILES string of the molecule is CC(=O)OC1CCC2(C)C(CCC3C2C(=O)C(OC(C)=O)C2(C)C3CC3OC4(CCC(C)CO4)C(C)C32)C1. The largest absolute Gasteiger partial charge is 0.463 e. The molecule has 0 amide bonds. The van der Waals surface area contributed by atoms with Crippen LogP contribution in [0.25, 0.3) is 0 Å². The van der Waals surface area contributed by atoms with Crippen molar-refractivity contribution in [3.05, 3.63) is 0 Å². The van der Waals surface area contributed by atoms with Crippen LogP contribution in [0.5, 0.6) is 0 Å². The van der Waals surface area contributed by atoms with Gasteiger partial charge in [0.05, 0.1) is 12.7 Å². The lowest BCUT2D eigenvalue weighted by atomic mass is 9.43. The molecule has 0 aromatic carbocycles. The number of Topliss-reactive ketones (excluding diaryl/α,β-unsaturated/α-hetero) is 1. The van der Waals surface area contributed by atoms with E-state index in [4.69, 9.17) is 18.9 Å². The van der Waals surface area contributed by atoms with Gasteiger partial charge in [0.25, 0.3) is 0 Å². The number of ether oxygens (including phenoxy) is 4. The monoisotopic (exact) mass is 530 g/mol. The maximum absolute atomic E-state index is 14.6. The summed E-state index contributed by atoms with van der Waals surface area (Å²) in [5.41, 5.74) is -0.646. The Morgan fingerprint density at radius 3 is 2.34 bits per heavy atom. The molecule has 212 valence electrons. The van der Waals surface area contributed by atoms with Crippen molar-refractivity contribution < 1.29 is 33.3 Å². The highest BCUT2D eigenvalue weighted by Gasteiger charge is 2.74. The normalized spacial score (nSPS) is 53.5. The summed E-state index contributed by atoms with van der Waals surface area (Å²) in [5.74, 6) is 0.386. The van der Waals surface area contributed by atoms with E-state index in [0.29, 0.717) is 18.4 Å². The van der Waals surface area contributed by atoms with Crippen LogP contribution in [-0.4, -0.2) is 48.4 Å². The molecule has 13 atom stereocenters. The van der Waals surface area contributed by atoms with Crippen molar-refractivity contribution in [2.75, 3.05) is 6.61 Å². The molecule has 7 heteroatoms. The predicted octanol–water partition coefficient (Wildman–Crippen LogP) is 5.09. The molecule has 38 heavy (non-hydrogen) atoms. The van der Waals surface area contributed by atoms with E-state index >= 15 is 0 Å². The summed E-state index contributed by atoms with van der Waals surface area (Å²) in [6, 6.07) is 0. The fraction of sp³-hybridized carbons (Fsp3) is 0.903. The number of ketones is 1. The molecule has 6 fully saturated rings. The van der Waals surface area contributed by atoms with Gasteiger partial charge in [-0.25, -0.2) is 0 Å². The molecule has 4 saturated carbocycles. The summed E-state index contributed by atoms with van der Waals surface area (Å²) in [6.45, 7) is 12.6. The summed E-state index contributed by atoms with van der Waals surface area (Å²) >= 11 is 0. The van der Waals surface area contributed by atoms with Crippen molar-refractivity contribution in [1.29, 1.82) is 0 Å². The molecule has 0 aromatic rings. The zero-order chi connectivity index (χ0) is 27.2. The maximum atomic E-state index is 14.6. The molecule has 13 unspecified atom stereocenters. The average Bonchev–Trinajstić information content (AvgIpc) is 3.29. The molecule has 2 saturated heterocycles. The Hall–Kier alpha value is -1.47. The first-order valence-corrected chi connectivity index (χ1v) is 15.1. The van der Waals surface area contributed by atoms with Gasteiger partial charge >= 0.3 is 11.9 Å². The summed E-state index contributed by atoms with van der Waals surface area (Å²) < 4.78 is 25.0. The number of carbonyl (C=O) groups is 3. The zero-order valence-corrected chi connectivity index (χ0v) is 24.0. The van der Waals surface area contributed by atoms with Crippen LogP contribution in [0.3, 0.4) is 0 Å². The molecule has 6 rings (SSSR count). The fourth-order valence-corrected chi connectivity index (χ4v) is 10.7. The molecule has 0 N–H and O–H groups in total. The van der Waals surface area contributed by atoms with E-state index in [1.54, 1.807) is 0 Å². The lowest BCUT2D eigenvalue weighted by Gasteiger charge is -2.61. The van der Waals surface area contributed by atoms with Crippen molar-refractivity contribution >= 4 is 17.7 Å². The third kappa shape index (κ3) is 3.69. The van der Waals surface area contributed by atoms with E-state index in [0.717, 1.165) is 51.4 Å². The van der Waals surface area contributed by atoms with Crippen LogP contribution in [0, 0.1) is 52.3 Å². The Balaban J connectivity index is 1.34. The number of fused-ring (bicyclic) bond motifs is 7. The highest BCUT2D eigenvalue weighted by Crippen LogP contribution is 2.71. The second kappa shape index (κ2) is 9.02. The topological polar surface area (TPSA) is 88.1 Å². The first-order chi connectivity index (χ1) is 17.9. The highest BCUT2D eigenvalue weighted by atomic mass is 16.7. The lowest BCUT2D eigenvalue weighted by Crippen LogP contribution is -2.65. The third-order valence-electron chi connectivity index (χ3n) is 12.3. The van der Waals surface area contributed by atoms with Crippen LogP contribution in [-0.2, 0) is 33.3 Å². The van der Waals surface area contributed by atoms with E-state index in [2.05, 4.69) is 27.7 Å². The Labute approximate surface area is 227 Å². The van der Waals surface area contributed by atoms with Gasteiger partial charge in [0.15, 0.2) is 17.7 Å². The minimum atomic E-state index is -0.758. The van der Waals surface area contributed by atoms with E-state index in [1.165, 1.54) is 13.8 Å². The molecule has 0 bridgehead atoms. The van der Waals surface area contributed by atoms with Crippen LogP contribution in [0.1, 0.15) is 92.9 Å². The minimum absolute atomic E-state index is 0.0169. The van der Waals surface area contributed by atoms with E-state index in [9.17, 15) is 14.4 Å². The average molecular weight is 531 g/mol. The minimum Gasteiger partial charge on any atom is -0.463 e. The Morgan fingerprint density at radius 2 is 1.68 bits per heavy atom. The van der Waals surface area contributed by atoms with Gasteiger partial charge in [-0.3, -0.25) is 14.4 Å². The van der Waals surface area contributed by atoms with Crippen LogP contribution in [0.2, 0.25) is 0 Å². The highest BCUT2D eigenvalue weighted by molar-refractivity contribution is 5.90. The van der Waals surface area contributed by atoms with Crippen LogP contribution < -0.4 is 0 Å². The van der Waals surface area contributed by atoms with Crippen LogP contribution in [0.4, 0.5) is 0 Å². The van der Waals surface area contributed by atoms with Gasteiger partial charge in [0, 0.05) is 43.4 Å². The number of hydrogen-bond donors (Lipinski definition) is 0. The molecule has 7 nitrogen and oxygen atoms in total. The van der Waals surface area contributed by atoms with E-state index < -0.39 is 17.3 Å². The van der Waals surface area contributed by atoms with Gasteiger partial charge in [-0.05, 0) is 74.0 Å². The Kier molecular flexibility index (Phi) is 6.35. The maximum Gasteiger partial charge on any atom is 0.303 e. The number of rotatable bonds is 2. The standard InChI is InChI=1S/C31H46O7/c1-16-9-12-31(35-15-16)17(2)25-24(38-31)14-23-22-8-7-20-13-21(36-18(3)32)10-11-29(20,5)26(22)27(34)28(30(23,25)6)37-19(4)33/h16-17,20-26,28H,7-15H2,1-6H3. The number of hydrogen-bond acceptors (Lipinski definition) is 7. The summed E-state index contributed by atoms with van der Waals surface area (Å²) in [6.07, 6.45) is 6.54. The molecule has 0 radical (unpaired) electrons. The molecule has 6 aliphatic rings. The number of esters is 2. The van der Waals surface area contributed by atoms with Crippen molar-refractivity contribution in [3.63, 3.8) is 0 Å². The van der Waals surface area contributed by atoms with Gasteiger partial charge in [-0.2, -0.15) is 0 Å². The van der Waals surface area contributed by atoms with Gasteiger partial charge in [0.1, 0.15) is 6.10 Å². The lowest BCUT2D eigenvalue weighted by molar-refractivity contribution is -0.273. The fourth-order valence-electron chi connectivity index (χ4n) is 10.7. The van der Waals surface area contributed by atoms with E-state index in [-0.39, 0.29) is 64.9 Å². The van der Waals surface area contributed by atoms with E-state index in [1.807, 2.05) is 0 Å². The molecular formula is C31H46O7. The zero-order valence-electron chi connectivity index (χ0n) is 24.0. The smallest absolute Gasteiger partial charge is 0.303 e. The van der Waals surface area contributed by atoms with Crippen molar-refractivity contribution in [3.8, 4) is 0 Å². The second-order valence-corrected chi connectivity index (χ2v) is 14.3. The van der Waals surface area contributed by atoms with Gasteiger partial charge in [-0.1, -0.05) is 27.7 Å². The molecular weight excluding hydrogens is 484 g/mol. The molecule has 2 aliphatic heterocycles. The quantitative estimate of drug-likeness (QED) is 0.460. The van der Waals surface area contributed by atoms with Crippen molar-refractivity contribution in [1.82, 2.24) is 0 Å². The second-order valence-electron chi connectivity index (χ2n) is 14.3. The van der Waals surface area contributed by atoms with Crippen LogP contribution >= 0.6 is 0 Å². The summed E-state index contributed by atoms with van der Waals surface area (Å²) in [4.78, 5) is 38.8. The van der Waals surface area contributed by atoms with Gasteiger partial charge in [-0.15, -0.1) is 0 Å². The van der Waals surface area contributed by atoms with Gasteiger partial charge < -0.3 is 18.9 Å². The Bertz CT molecular complexity index is 1000. The molecule has 1 spiro atoms. The first-order valence-electron chi connectivity index (χ1n) is 15.1. The molecule has 4 aliphatic carbocycles. The summed E-state index contributed by atoms with van der Waals surface area (Å²) in [5, 5.41) is 0.